The predicted octanol–water partition coefficient (Wildman–Crippen LogP) is 3.34. The minimum atomic E-state index is -3.53. The van der Waals surface area contributed by atoms with Gasteiger partial charge in [-0.1, -0.05) is 18.2 Å². The lowest BCUT2D eigenvalue weighted by Gasteiger charge is -2.46. The summed E-state index contributed by atoms with van der Waals surface area (Å²) in [6.07, 6.45) is 7.33. The number of carbonyl (C=O) groups excluding carboxylic acids is 2. The van der Waals surface area contributed by atoms with Gasteiger partial charge in [0.2, 0.25) is 0 Å². The lowest BCUT2D eigenvalue weighted by Crippen LogP contribution is -2.34. The molecule has 162 valence electrons. The molecular formula is C22H29N3O4S. The number of carbonyl (C=O) groups is 2. The normalized spacial score (nSPS) is 19.5. The number of nitrogens with zero attached hydrogens (tertiary/aromatic N) is 2. The van der Waals surface area contributed by atoms with Gasteiger partial charge in [0.15, 0.2) is 21.4 Å². The molecule has 2 aromatic rings. The number of rotatable bonds is 5. The minimum Gasteiger partial charge on any atom is -0.354 e. The third-order valence-corrected chi connectivity index (χ3v) is 7.22. The van der Waals surface area contributed by atoms with Crippen molar-refractivity contribution in [3.05, 3.63) is 35.8 Å². The van der Waals surface area contributed by atoms with E-state index in [0.29, 0.717) is 12.1 Å². The van der Waals surface area contributed by atoms with Gasteiger partial charge in [0.1, 0.15) is 11.4 Å². The van der Waals surface area contributed by atoms with E-state index >= 15 is 0 Å². The number of imidazole rings is 1. The van der Waals surface area contributed by atoms with Crippen molar-refractivity contribution in [3.8, 4) is 11.3 Å². The van der Waals surface area contributed by atoms with Crippen molar-refractivity contribution in [1.29, 1.82) is 0 Å². The van der Waals surface area contributed by atoms with Crippen molar-refractivity contribution < 1.29 is 18.0 Å². The Bertz CT molecular complexity index is 1050. The zero-order chi connectivity index (χ0) is 22.1. The molecule has 2 saturated carbocycles. The Morgan fingerprint density at radius 2 is 1.70 bits per heavy atom. The maximum Gasteiger partial charge on any atom is 0.269 e. The molecule has 0 bridgehead atoms. The topological polar surface area (TPSA) is 98.1 Å². The quantitative estimate of drug-likeness (QED) is 0.732. The number of fused-ring (bicyclic) bond motifs is 1. The van der Waals surface area contributed by atoms with Gasteiger partial charge in [-0.3, -0.25) is 9.59 Å². The van der Waals surface area contributed by atoms with Gasteiger partial charge in [-0.05, 0) is 50.5 Å². The summed E-state index contributed by atoms with van der Waals surface area (Å²) in [6.45, 7) is 3.49. The number of ketones is 1. The summed E-state index contributed by atoms with van der Waals surface area (Å²) in [6, 6.07) is 6.30. The van der Waals surface area contributed by atoms with Crippen molar-refractivity contribution in [2.45, 2.75) is 51.0 Å². The second kappa shape index (κ2) is 8.71. The molecule has 1 aromatic heterocycles. The average Bonchev–Trinajstić information content (AvgIpc) is 3.09. The van der Waals surface area contributed by atoms with E-state index in [2.05, 4.69) is 10.3 Å². The number of hydrogen-bond acceptors (Lipinski definition) is 5. The highest BCUT2D eigenvalue weighted by Gasteiger charge is 2.37. The predicted molar refractivity (Wildman–Crippen MR) is 115 cm³/mol. The second-order valence-corrected chi connectivity index (χ2v) is 9.94. The Hall–Kier alpha value is -2.48. The first kappa shape index (κ1) is 22.2. The molecular weight excluding hydrogens is 402 g/mol. The van der Waals surface area contributed by atoms with Crippen molar-refractivity contribution in [1.82, 2.24) is 14.9 Å². The van der Waals surface area contributed by atoms with Crippen LogP contribution in [0, 0.1) is 11.8 Å². The Balaban J connectivity index is 0.000000357. The summed E-state index contributed by atoms with van der Waals surface area (Å²) >= 11 is 0. The van der Waals surface area contributed by atoms with Crippen LogP contribution in [0.25, 0.3) is 11.3 Å². The molecule has 0 atom stereocenters. The summed E-state index contributed by atoms with van der Waals surface area (Å²) in [7, 11) is -2.06. The lowest BCUT2D eigenvalue weighted by molar-refractivity contribution is 0.0548. The van der Waals surface area contributed by atoms with Gasteiger partial charge < -0.3 is 9.88 Å². The van der Waals surface area contributed by atoms with E-state index < -0.39 is 15.7 Å². The Labute approximate surface area is 177 Å². The zero-order valence-electron chi connectivity index (χ0n) is 17.9. The first-order valence-electron chi connectivity index (χ1n) is 10.3. The molecule has 1 aromatic carbocycles. The number of benzene rings is 1. The highest BCUT2D eigenvalue weighted by molar-refractivity contribution is 7.90. The molecule has 1 N–H and O–H groups in total. The summed E-state index contributed by atoms with van der Waals surface area (Å²) in [4.78, 5) is 28.6. The highest BCUT2D eigenvalue weighted by Crippen LogP contribution is 2.49. The maximum atomic E-state index is 12.4. The first-order chi connectivity index (χ1) is 14.2. The van der Waals surface area contributed by atoms with Gasteiger partial charge in [0, 0.05) is 32.3 Å². The number of nitrogens with one attached hydrogen (secondary N) is 1. The van der Waals surface area contributed by atoms with Crippen LogP contribution in [0.3, 0.4) is 0 Å². The van der Waals surface area contributed by atoms with Crippen LogP contribution < -0.4 is 5.32 Å². The molecule has 4 rings (SSSR count). The van der Waals surface area contributed by atoms with Crippen molar-refractivity contribution in [3.63, 3.8) is 0 Å². The van der Waals surface area contributed by atoms with Crippen LogP contribution in [0.5, 0.6) is 0 Å². The van der Waals surface area contributed by atoms with Crippen molar-refractivity contribution >= 4 is 21.5 Å². The number of hydrogen-bond donors (Lipinski definition) is 1. The molecule has 0 unspecified atom stereocenters. The van der Waals surface area contributed by atoms with Gasteiger partial charge in [-0.25, -0.2) is 13.4 Å². The van der Waals surface area contributed by atoms with Crippen LogP contribution in [-0.2, 0) is 16.4 Å². The van der Waals surface area contributed by atoms with Crippen LogP contribution in [0.15, 0.2) is 29.2 Å². The summed E-state index contributed by atoms with van der Waals surface area (Å²) in [5.41, 5.74) is 0.650. The van der Waals surface area contributed by atoms with Crippen LogP contribution in [0.4, 0.5) is 0 Å². The van der Waals surface area contributed by atoms with Crippen LogP contribution in [0.1, 0.15) is 60.6 Å². The van der Waals surface area contributed by atoms with E-state index in [1.165, 1.54) is 36.4 Å². The third-order valence-electron chi connectivity index (χ3n) is 6.07. The second-order valence-electron chi connectivity index (χ2n) is 7.96. The molecule has 0 radical (unpaired) electrons. The average molecular weight is 432 g/mol. The third kappa shape index (κ3) is 4.19. The Morgan fingerprint density at radius 1 is 1.13 bits per heavy atom. The molecule has 7 nitrogen and oxygen atoms in total. The number of amides is 1. The minimum absolute atomic E-state index is 0.0611. The molecule has 30 heavy (non-hydrogen) atoms. The van der Waals surface area contributed by atoms with E-state index in [4.69, 9.17) is 0 Å². The largest absolute Gasteiger partial charge is 0.354 e. The van der Waals surface area contributed by atoms with Gasteiger partial charge in [-0.2, -0.15) is 0 Å². The summed E-state index contributed by atoms with van der Waals surface area (Å²) < 4.78 is 25.6. The van der Waals surface area contributed by atoms with Crippen LogP contribution >= 0.6 is 0 Å². The highest BCUT2D eigenvalue weighted by atomic mass is 32.2. The van der Waals surface area contributed by atoms with Crippen molar-refractivity contribution in [2.24, 2.45) is 11.8 Å². The fourth-order valence-electron chi connectivity index (χ4n) is 4.12. The van der Waals surface area contributed by atoms with Gasteiger partial charge >= 0.3 is 0 Å². The molecule has 2 fully saturated rings. The molecule has 1 heterocycles. The van der Waals surface area contributed by atoms with E-state index in [0.717, 1.165) is 6.26 Å². The molecule has 1 amide bonds. The van der Waals surface area contributed by atoms with Gasteiger partial charge in [-0.15, -0.1) is 0 Å². The van der Waals surface area contributed by atoms with Crippen LogP contribution in [-0.4, -0.2) is 43.0 Å². The Kier molecular flexibility index (Phi) is 6.45. The molecule has 0 saturated heterocycles. The first-order valence-corrected chi connectivity index (χ1v) is 12.2. The zero-order valence-corrected chi connectivity index (χ0v) is 18.8. The summed E-state index contributed by atoms with van der Waals surface area (Å²) in [5.74, 6) is 1.81. The fourth-order valence-corrected chi connectivity index (χ4v) is 5.01. The fraction of sp³-hybridized carbons (Fsp3) is 0.500. The number of sulfone groups is 1. The van der Waals surface area contributed by atoms with Gasteiger partial charge in [0.25, 0.3) is 5.91 Å². The molecule has 0 spiro atoms. The number of Topliss-reactive ketones (excluding diaryl/α,β-unsaturated/α-hetero) is 1. The maximum absolute atomic E-state index is 12.4. The Morgan fingerprint density at radius 3 is 2.10 bits per heavy atom. The molecule has 2 aliphatic rings. The monoisotopic (exact) mass is 431 g/mol. The molecule has 0 aliphatic heterocycles. The van der Waals surface area contributed by atoms with E-state index in [1.807, 2.05) is 0 Å². The van der Waals surface area contributed by atoms with E-state index in [9.17, 15) is 18.0 Å². The number of aromatic nitrogens is 2. The lowest BCUT2D eigenvalue weighted by atomic mass is 9.60. The van der Waals surface area contributed by atoms with Gasteiger partial charge in [0.05, 0.1) is 4.90 Å². The summed E-state index contributed by atoms with van der Waals surface area (Å²) in [5, 5.41) is 2.52. The van der Waals surface area contributed by atoms with Crippen molar-refractivity contribution in [2.75, 3.05) is 13.3 Å². The molecule has 2 aliphatic carbocycles. The van der Waals surface area contributed by atoms with E-state index in [1.54, 1.807) is 50.8 Å². The standard InChI is InChI=1S/C16H19N3O4S.C6H10/c1-5-19-14(16(21)17-3)13(18-15(19)10(2)20)11-8-6-7-9-12(11)24(4,22)23;1-2-6-4-3-5(1)6/h6-9H,5H2,1-4H3,(H,17,21);5-6H,1-4H2. The van der Waals surface area contributed by atoms with Crippen LogP contribution in [0.2, 0.25) is 0 Å². The smallest absolute Gasteiger partial charge is 0.269 e. The van der Waals surface area contributed by atoms with E-state index in [-0.39, 0.29) is 27.9 Å². The molecule has 8 heteroatoms. The SMILES string of the molecule is C1CC2CCC12.CCn1c(C(C)=O)nc(-c2ccccc2S(C)(=O)=O)c1C(=O)NC.